The van der Waals surface area contributed by atoms with Crippen molar-refractivity contribution >= 4 is 24.0 Å². The molecule has 124 valence electrons. The minimum absolute atomic E-state index is 0. The van der Waals surface area contributed by atoms with Gasteiger partial charge in [0, 0.05) is 11.2 Å². The molecule has 2 atom stereocenters. The van der Waals surface area contributed by atoms with Crippen LogP contribution in [0, 0.1) is 5.92 Å². The van der Waals surface area contributed by atoms with E-state index in [-0.39, 0.29) is 30.3 Å². The zero-order valence-corrected chi connectivity index (χ0v) is 14.4. The molecule has 1 aliphatic rings. The van der Waals surface area contributed by atoms with E-state index in [1.165, 1.54) is 0 Å². The highest BCUT2D eigenvalue weighted by Crippen LogP contribution is 2.32. The van der Waals surface area contributed by atoms with Crippen LogP contribution in [-0.4, -0.2) is 17.6 Å². The first kappa shape index (κ1) is 18.8. The summed E-state index contributed by atoms with van der Waals surface area (Å²) in [7, 11) is 0. The lowest BCUT2D eigenvalue weighted by molar-refractivity contribution is -0.122. The fourth-order valence-corrected chi connectivity index (χ4v) is 2.91. The average Bonchev–Trinajstić information content (AvgIpc) is 2.39. The number of carbonyl (C=O) groups excluding carboxylic acids is 1. The van der Waals surface area contributed by atoms with Crippen LogP contribution in [0.25, 0.3) is 0 Å². The van der Waals surface area contributed by atoms with Gasteiger partial charge in [-0.3, -0.25) is 4.79 Å². The Kier molecular flexibility index (Phi) is 6.69. The highest BCUT2D eigenvalue weighted by molar-refractivity contribution is 5.93. The second-order valence-electron chi connectivity index (χ2n) is 6.48. The van der Waals surface area contributed by atoms with Crippen LogP contribution in [0.15, 0.2) is 24.3 Å². The van der Waals surface area contributed by atoms with Gasteiger partial charge in [0.15, 0.2) is 0 Å². The standard InChI is InChI=1S/C17H26N2O2.ClH/c1-12(2)21-14-9-7-13(8-10-14)19-16(20)15-6-4-5-11-17(15,3)18;/h7-10,12,15H,4-6,11,18H2,1-3H3,(H,19,20);1H. The van der Waals surface area contributed by atoms with Gasteiger partial charge < -0.3 is 15.8 Å². The Hall–Kier alpha value is -1.26. The largest absolute Gasteiger partial charge is 0.491 e. The van der Waals surface area contributed by atoms with E-state index in [0.717, 1.165) is 37.1 Å². The van der Waals surface area contributed by atoms with Crippen molar-refractivity contribution in [2.24, 2.45) is 11.7 Å². The molecule has 0 spiro atoms. The molecule has 0 bridgehead atoms. The van der Waals surface area contributed by atoms with Gasteiger partial charge in [0.2, 0.25) is 5.91 Å². The lowest BCUT2D eigenvalue weighted by atomic mass is 9.74. The molecule has 5 heteroatoms. The summed E-state index contributed by atoms with van der Waals surface area (Å²) in [4.78, 5) is 12.4. The van der Waals surface area contributed by atoms with Crippen LogP contribution in [0.5, 0.6) is 5.75 Å². The minimum Gasteiger partial charge on any atom is -0.491 e. The number of hydrogen-bond acceptors (Lipinski definition) is 3. The Balaban J connectivity index is 0.00000242. The Morgan fingerprint density at radius 1 is 1.32 bits per heavy atom. The maximum atomic E-state index is 12.4. The van der Waals surface area contributed by atoms with E-state index in [9.17, 15) is 4.79 Å². The summed E-state index contributed by atoms with van der Waals surface area (Å²) >= 11 is 0. The predicted octanol–water partition coefficient (Wildman–Crippen LogP) is 3.74. The van der Waals surface area contributed by atoms with Crippen LogP contribution < -0.4 is 15.8 Å². The van der Waals surface area contributed by atoms with Gasteiger partial charge in [-0.1, -0.05) is 12.8 Å². The summed E-state index contributed by atoms with van der Waals surface area (Å²) in [6.45, 7) is 5.96. The first-order valence-corrected chi connectivity index (χ1v) is 7.75. The molecule has 3 N–H and O–H groups in total. The first-order valence-electron chi connectivity index (χ1n) is 7.75. The highest BCUT2D eigenvalue weighted by Gasteiger charge is 2.37. The topological polar surface area (TPSA) is 64.3 Å². The van der Waals surface area contributed by atoms with E-state index in [1.807, 2.05) is 45.0 Å². The van der Waals surface area contributed by atoms with Gasteiger partial charge in [0.1, 0.15) is 5.75 Å². The van der Waals surface area contributed by atoms with Gasteiger partial charge in [-0.2, -0.15) is 0 Å². The van der Waals surface area contributed by atoms with Crippen LogP contribution in [0.1, 0.15) is 46.5 Å². The van der Waals surface area contributed by atoms with E-state index in [4.69, 9.17) is 10.5 Å². The van der Waals surface area contributed by atoms with Crippen molar-refractivity contribution in [3.8, 4) is 5.75 Å². The molecule has 0 aromatic heterocycles. The molecular formula is C17H27ClN2O2. The summed E-state index contributed by atoms with van der Waals surface area (Å²) in [6, 6.07) is 7.48. The van der Waals surface area contributed by atoms with Crippen molar-refractivity contribution in [1.82, 2.24) is 0 Å². The normalized spacial score (nSPS) is 24.5. The third-order valence-corrected chi connectivity index (χ3v) is 4.06. The molecule has 1 aromatic carbocycles. The van der Waals surface area contributed by atoms with Crippen molar-refractivity contribution in [1.29, 1.82) is 0 Å². The number of nitrogens with two attached hydrogens (primary N) is 1. The maximum Gasteiger partial charge on any atom is 0.229 e. The summed E-state index contributed by atoms with van der Waals surface area (Å²) < 4.78 is 5.59. The minimum atomic E-state index is -0.400. The zero-order chi connectivity index (χ0) is 15.5. The molecular weight excluding hydrogens is 300 g/mol. The van der Waals surface area contributed by atoms with Crippen LogP contribution in [0.4, 0.5) is 5.69 Å². The SMILES string of the molecule is CC(C)Oc1ccc(NC(=O)C2CCCCC2(C)N)cc1.Cl. The third kappa shape index (κ3) is 4.89. The number of amides is 1. The van der Waals surface area contributed by atoms with E-state index in [0.29, 0.717) is 0 Å². The molecule has 4 nitrogen and oxygen atoms in total. The fraction of sp³-hybridized carbons (Fsp3) is 0.588. The van der Waals surface area contributed by atoms with Crippen LogP contribution in [0.2, 0.25) is 0 Å². The molecule has 1 aliphatic carbocycles. The van der Waals surface area contributed by atoms with Gasteiger partial charge in [0.25, 0.3) is 0 Å². The van der Waals surface area contributed by atoms with Crippen LogP contribution in [0.3, 0.4) is 0 Å². The number of halogens is 1. The van der Waals surface area contributed by atoms with Crippen molar-refractivity contribution < 1.29 is 9.53 Å². The highest BCUT2D eigenvalue weighted by atomic mass is 35.5. The van der Waals surface area contributed by atoms with E-state index < -0.39 is 5.54 Å². The molecule has 0 radical (unpaired) electrons. The monoisotopic (exact) mass is 326 g/mol. The number of hydrogen-bond donors (Lipinski definition) is 2. The number of ether oxygens (including phenoxy) is 1. The second-order valence-corrected chi connectivity index (χ2v) is 6.48. The second kappa shape index (κ2) is 7.84. The summed E-state index contributed by atoms with van der Waals surface area (Å²) in [5, 5.41) is 2.97. The molecule has 22 heavy (non-hydrogen) atoms. The van der Waals surface area contributed by atoms with Gasteiger partial charge in [-0.25, -0.2) is 0 Å². The molecule has 0 aliphatic heterocycles. The smallest absolute Gasteiger partial charge is 0.229 e. The van der Waals surface area contributed by atoms with Crippen molar-refractivity contribution in [3.63, 3.8) is 0 Å². The van der Waals surface area contributed by atoms with Crippen molar-refractivity contribution in [2.45, 2.75) is 58.1 Å². The van der Waals surface area contributed by atoms with Crippen LogP contribution >= 0.6 is 12.4 Å². The predicted molar refractivity (Wildman–Crippen MR) is 92.6 cm³/mol. The molecule has 2 unspecified atom stereocenters. The quantitative estimate of drug-likeness (QED) is 0.885. The zero-order valence-electron chi connectivity index (χ0n) is 13.6. The Bertz CT molecular complexity index is 486. The number of nitrogens with one attached hydrogen (secondary N) is 1. The van der Waals surface area contributed by atoms with E-state index in [1.54, 1.807) is 0 Å². The fourth-order valence-electron chi connectivity index (χ4n) is 2.91. The third-order valence-electron chi connectivity index (χ3n) is 4.06. The molecule has 0 heterocycles. The Morgan fingerprint density at radius 3 is 2.50 bits per heavy atom. The van der Waals surface area contributed by atoms with E-state index >= 15 is 0 Å². The lowest BCUT2D eigenvalue weighted by Crippen LogP contribution is -2.51. The molecule has 0 saturated heterocycles. The van der Waals surface area contributed by atoms with Gasteiger partial charge >= 0.3 is 0 Å². The van der Waals surface area contributed by atoms with Crippen molar-refractivity contribution in [3.05, 3.63) is 24.3 Å². The molecule has 1 saturated carbocycles. The molecule has 1 amide bonds. The van der Waals surface area contributed by atoms with Crippen LogP contribution in [-0.2, 0) is 4.79 Å². The number of anilines is 1. The molecule has 1 aromatic rings. The number of rotatable bonds is 4. The van der Waals surface area contributed by atoms with Crippen molar-refractivity contribution in [2.75, 3.05) is 5.32 Å². The summed E-state index contributed by atoms with van der Waals surface area (Å²) in [5.74, 6) is 0.722. The van der Waals surface area contributed by atoms with E-state index in [2.05, 4.69) is 5.32 Å². The number of benzene rings is 1. The lowest BCUT2D eigenvalue weighted by Gasteiger charge is -2.37. The Labute approximate surface area is 139 Å². The molecule has 1 fully saturated rings. The summed E-state index contributed by atoms with van der Waals surface area (Å²) in [6.07, 6.45) is 4.11. The van der Waals surface area contributed by atoms with Gasteiger partial charge in [0.05, 0.1) is 12.0 Å². The molecule has 2 rings (SSSR count). The summed E-state index contributed by atoms with van der Waals surface area (Å²) in [5.41, 5.74) is 6.66. The average molecular weight is 327 g/mol. The number of carbonyl (C=O) groups is 1. The Morgan fingerprint density at radius 2 is 1.95 bits per heavy atom. The van der Waals surface area contributed by atoms with Gasteiger partial charge in [-0.15, -0.1) is 12.4 Å². The first-order chi connectivity index (χ1) is 9.88. The van der Waals surface area contributed by atoms with Gasteiger partial charge in [-0.05, 0) is 57.9 Å². The maximum absolute atomic E-state index is 12.4.